The summed E-state index contributed by atoms with van der Waals surface area (Å²) in [5, 5.41) is 0. The van der Waals surface area contributed by atoms with Crippen LogP contribution in [0.5, 0.6) is 0 Å². The molecule has 6 heteroatoms. The smallest absolute Gasteiger partial charge is 0.306 e. The monoisotopic (exact) mass is 1100 g/mol. The van der Waals surface area contributed by atoms with E-state index in [4.69, 9.17) is 14.2 Å². The summed E-state index contributed by atoms with van der Waals surface area (Å²) in [5.41, 5.74) is 0. The van der Waals surface area contributed by atoms with Crippen molar-refractivity contribution in [3.63, 3.8) is 0 Å². The van der Waals surface area contributed by atoms with Gasteiger partial charge in [0.1, 0.15) is 13.2 Å². The van der Waals surface area contributed by atoms with E-state index in [2.05, 4.69) is 191 Å². The van der Waals surface area contributed by atoms with Gasteiger partial charge >= 0.3 is 17.9 Å². The van der Waals surface area contributed by atoms with Gasteiger partial charge in [0, 0.05) is 19.3 Å². The van der Waals surface area contributed by atoms with E-state index in [9.17, 15) is 14.4 Å². The van der Waals surface area contributed by atoms with Crippen molar-refractivity contribution in [2.45, 2.75) is 264 Å². The number of carbonyl (C=O) groups is 3. The highest BCUT2D eigenvalue weighted by Gasteiger charge is 2.19. The molecule has 0 rings (SSSR count). The van der Waals surface area contributed by atoms with Gasteiger partial charge < -0.3 is 14.2 Å². The summed E-state index contributed by atoms with van der Waals surface area (Å²) in [6.45, 7) is 6.32. The highest BCUT2D eigenvalue weighted by molar-refractivity contribution is 5.71. The molecule has 0 saturated carbocycles. The molecule has 448 valence electrons. The molecule has 1 unspecified atom stereocenters. The maximum atomic E-state index is 12.9. The summed E-state index contributed by atoms with van der Waals surface area (Å²) in [6, 6.07) is 0. The Morgan fingerprint density at radius 1 is 0.263 bits per heavy atom. The van der Waals surface area contributed by atoms with Crippen molar-refractivity contribution < 1.29 is 28.6 Å². The Labute approximate surface area is 492 Å². The molecule has 0 aromatic carbocycles. The SMILES string of the molecule is CC/C=C\C/C=C\C/C=C\C/C=C\C/C=C\C/C=C\C/C=C\C/C=C\C/C=C\CCCC(=O)OCC(COC(=O)CCCCCCC/C=C\CCCCC)OC(=O)CCCCCCCCCC/C=C\C/C=C\C/C=C\C/C=C\CC. The molecule has 0 N–H and O–H groups in total. The molecule has 0 aliphatic heterocycles. The molecule has 0 aliphatic carbocycles. The van der Waals surface area contributed by atoms with Crippen molar-refractivity contribution in [2.75, 3.05) is 13.2 Å². The van der Waals surface area contributed by atoms with E-state index < -0.39 is 6.10 Å². The van der Waals surface area contributed by atoms with Gasteiger partial charge in [0.2, 0.25) is 0 Å². The Morgan fingerprint density at radius 2 is 0.500 bits per heavy atom. The summed E-state index contributed by atoms with van der Waals surface area (Å²) in [4.78, 5) is 38.3. The summed E-state index contributed by atoms with van der Waals surface area (Å²) < 4.78 is 16.8. The van der Waals surface area contributed by atoms with E-state index in [1.165, 1.54) is 64.2 Å². The van der Waals surface area contributed by atoms with Crippen molar-refractivity contribution in [2.24, 2.45) is 0 Å². The van der Waals surface area contributed by atoms with Crippen LogP contribution in [0.15, 0.2) is 170 Å². The van der Waals surface area contributed by atoms with E-state index in [0.717, 1.165) is 148 Å². The Morgan fingerprint density at radius 3 is 0.825 bits per heavy atom. The van der Waals surface area contributed by atoms with Crippen LogP contribution >= 0.6 is 0 Å². The lowest BCUT2D eigenvalue weighted by molar-refractivity contribution is -0.167. The predicted octanol–water partition coefficient (Wildman–Crippen LogP) is 22.3. The minimum atomic E-state index is -0.819. The van der Waals surface area contributed by atoms with E-state index >= 15 is 0 Å². The Kier molecular flexibility index (Phi) is 61.9. The van der Waals surface area contributed by atoms with E-state index in [1.807, 2.05) is 0 Å². The second-order valence-corrected chi connectivity index (χ2v) is 20.5. The number of hydrogen-bond acceptors (Lipinski definition) is 6. The maximum Gasteiger partial charge on any atom is 0.306 e. The number of esters is 3. The molecule has 80 heavy (non-hydrogen) atoms. The first-order valence-corrected chi connectivity index (χ1v) is 32.1. The predicted molar refractivity (Wildman–Crippen MR) is 348 cm³/mol. The van der Waals surface area contributed by atoms with Gasteiger partial charge in [0.05, 0.1) is 0 Å². The molecule has 0 saturated heterocycles. The fraction of sp³-hybridized carbons (Fsp3) is 0.581. The van der Waals surface area contributed by atoms with Gasteiger partial charge in [-0.3, -0.25) is 14.4 Å². The lowest BCUT2D eigenvalue weighted by Gasteiger charge is -2.18. The van der Waals surface area contributed by atoms with Crippen molar-refractivity contribution >= 4 is 17.9 Å². The lowest BCUT2D eigenvalue weighted by atomic mass is 10.1. The van der Waals surface area contributed by atoms with Crippen LogP contribution in [0.4, 0.5) is 0 Å². The number of hydrogen-bond donors (Lipinski definition) is 0. The first-order valence-electron chi connectivity index (χ1n) is 32.1. The van der Waals surface area contributed by atoms with Gasteiger partial charge in [-0.15, -0.1) is 0 Å². The fourth-order valence-corrected chi connectivity index (χ4v) is 8.19. The molecule has 6 nitrogen and oxygen atoms in total. The van der Waals surface area contributed by atoms with Crippen LogP contribution in [0.1, 0.15) is 258 Å². The molecule has 0 amide bonds. The Balaban J connectivity index is 4.46. The normalized spacial score (nSPS) is 13.3. The van der Waals surface area contributed by atoms with Gasteiger partial charge in [0.25, 0.3) is 0 Å². The zero-order chi connectivity index (χ0) is 57.8. The highest BCUT2D eigenvalue weighted by atomic mass is 16.6. The molecular weight excluding hydrogens is 985 g/mol. The largest absolute Gasteiger partial charge is 0.462 e. The molecule has 0 aromatic rings. The number of rotatable bonds is 56. The lowest BCUT2D eigenvalue weighted by Crippen LogP contribution is -2.30. The van der Waals surface area contributed by atoms with Gasteiger partial charge in [-0.25, -0.2) is 0 Å². The maximum absolute atomic E-state index is 12.9. The minimum absolute atomic E-state index is 0.111. The molecule has 0 radical (unpaired) electrons. The van der Waals surface area contributed by atoms with Crippen molar-refractivity contribution in [3.8, 4) is 0 Å². The topological polar surface area (TPSA) is 78.9 Å². The molecule has 0 bridgehead atoms. The third-order valence-corrected chi connectivity index (χ3v) is 12.9. The molecule has 0 aromatic heterocycles. The summed E-state index contributed by atoms with van der Waals surface area (Å²) in [6.07, 6.45) is 97.9. The quantitative estimate of drug-likeness (QED) is 0.0261. The number of ether oxygens (including phenoxy) is 3. The number of allylic oxidation sites excluding steroid dienone is 28. The second kappa shape index (κ2) is 66.3. The highest BCUT2D eigenvalue weighted by Crippen LogP contribution is 2.14. The molecule has 0 heterocycles. The van der Waals surface area contributed by atoms with Crippen LogP contribution in [-0.2, 0) is 28.6 Å². The summed E-state index contributed by atoms with van der Waals surface area (Å²) in [7, 11) is 0. The third-order valence-electron chi connectivity index (χ3n) is 12.9. The number of carbonyl (C=O) groups excluding carboxylic acids is 3. The minimum Gasteiger partial charge on any atom is -0.462 e. The fourth-order valence-electron chi connectivity index (χ4n) is 8.19. The molecule has 0 spiro atoms. The van der Waals surface area contributed by atoms with Crippen LogP contribution in [0, 0.1) is 0 Å². The first kappa shape index (κ1) is 74.8. The average molecular weight is 1100 g/mol. The number of unbranched alkanes of at least 4 members (excludes halogenated alkanes) is 17. The first-order chi connectivity index (χ1) is 39.5. The Hall–Kier alpha value is -5.23. The van der Waals surface area contributed by atoms with Crippen molar-refractivity contribution in [1.29, 1.82) is 0 Å². The van der Waals surface area contributed by atoms with Gasteiger partial charge in [-0.1, -0.05) is 262 Å². The standard InChI is InChI=1S/C74H116O6/c1-4-7-10-13-16-19-22-25-27-29-31-33-34-35-36-37-38-39-40-42-43-45-47-49-52-55-58-61-64-67-73(76)79-70-71(69-78-72(75)66-63-60-57-54-51-24-21-18-15-12-9-6-3)80-74(77)68-65-62-59-56-53-50-48-46-44-41-32-30-28-26-23-20-17-14-11-8-5-2/h7-8,10-11,16-21,25-28,31-33,35-36,38-39,41-43,47,49,55,58,71H,4-6,9,12-15,22-24,29-30,34,37,40,44-46,48,50-54,56-57,59-70H2,1-3H3/b10-7-,11-8-,19-16-,20-17-,21-18-,27-25-,28-26-,33-31-,36-35-,39-38-,41-32-,43-42-,49-47-,58-55-. The molecular formula is C74H116O6. The average Bonchev–Trinajstić information content (AvgIpc) is 3.46. The zero-order valence-corrected chi connectivity index (χ0v) is 51.3. The molecule has 1 atom stereocenters. The summed E-state index contributed by atoms with van der Waals surface area (Å²) >= 11 is 0. The van der Waals surface area contributed by atoms with Gasteiger partial charge in [-0.2, -0.15) is 0 Å². The van der Waals surface area contributed by atoms with Crippen LogP contribution in [-0.4, -0.2) is 37.2 Å². The third kappa shape index (κ3) is 63.6. The Bertz CT molecular complexity index is 1840. The molecule has 0 fully saturated rings. The summed E-state index contributed by atoms with van der Waals surface area (Å²) in [5.74, 6) is -0.995. The molecule has 0 aliphatic rings. The second-order valence-electron chi connectivity index (χ2n) is 20.5. The van der Waals surface area contributed by atoms with E-state index in [0.29, 0.717) is 19.3 Å². The zero-order valence-electron chi connectivity index (χ0n) is 51.3. The van der Waals surface area contributed by atoms with Crippen molar-refractivity contribution in [3.05, 3.63) is 170 Å². The van der Waals surface area contributed by atoms with Gasteiger partial charge in [0.15, 0.2) is 6.10 Å². The van der Waals surface area contributed by atoms with Crippen LogP contribution < -0.4 is 0 Å². The van der Waals surface area contributed by atoms with Gasteiger partial charge in [-0.05, 0) is 148 Å². The van der Waals surface area contributed by atoms with E-state index in [1.54, 1.807) is 0 Å². The van der Waals surface area contributed by atoms with Crippen molar-refractivity contribution in [1.82, 2.24) is 0 Å². The van der Waals surface area contributed by atoms with Crippen LogP contribution in [0.3, 0.4) is 0 Å². The van der Waals surface area contributed by atoms with E-state index in [-0.39, 0.29) is 37.5 Å². The van der Waals surface area contributed by atoms with Crippen LogP contribution in [0.25, 0.3) is 0 Å². The van der Waals surface area contributed by atoms with Crippen LogP contribution in [0.2, 0.25) is 0 Å².